The van der Waals surface area contributed by atoms with Gasteiger partial charge in [-0.05, 0) is 37.9 Å². The molecule has 2 saturated heterocycles. The normalized spacial score (nSPS) is 23.1. The summed E-state index contributed by atoms with van der Waals surface area (Å²) in [6.45, 7) is 3.17. The number of nitrogens with zero attached hydrogens (tertiary/aromatic N) is 6. The van der Waals surface area contributed by atoms with Crippen LogP contribution in [0.4, 0.5) is 0 Å². The van der Waals surface area contributed by atoms with E-state index in [2.05, 4.69) is 38.2 Å². The van der Waals surface area contributed by atoms with Crippen molar-refractivity contribution in [3.05, 3.63) is 30.5 Å². The number of amides is 1. The molecule has 0 aliphatic carbocycles. The number of hydrogen-bond acceptors (Lipinski definition) is 6. The van der Waals surface area contributed by atoms with Gasteiger partial charge in [0.25, 0.3) is 0 Å². The van der Waals surface area contributed by atoms with Crippen LogP contribution >= 0.6 is 11.3 Å². The number of piperidine rings is 1. The van der Waals surface area contributed by atoms with E-state index in [1.807, 2.05) is 24.4 Å². The molecule has 8 heteroatoms. The summed E-state index contributed by atoms with van der Waals surface area (Å²) >= 11 is 1.60. The lowest BCUT2D eigenvalue weighted by Gasteiger charge is -2.37. The van der Waals surface area contributed by atoms with E-state index in [4.69, 9.17) is 0 Å². The van der Waals surface area contributed by atoms with Crippen molar-refractivity contribution in [1.82, 2.24) is 29.8 Å². The van der Waals surface area contributed by atoms with Crippen molar-refractivity contribution in [2.24, 2.45) is 5.92 Å². The van der Waals surface area contributed by atoms with Gasteiger partial charge in [-0.15, -0.1) is 16.4 Å². The van der Waals surface area contributed by atoms with Crippen molar-refractivity contribution >= 4 is 27.5 Å². The second kappa shape index (κ2) is 6.69. The van der Waals surface area contributed by atoms with Crippen LogP contribution in [0.25, 0.3) is 20.9 Å². The van der Waals surface area contributed by atoms with Crippen LogP contribution in [0, 0.1) is 5.92 Å². The Bertz CT molecular complexity index is 948. The van der Waals surface area contributed by atoms with Gasteiger partial charge >= 0.3 is 0 Å². The Morgan fingerprint density at radius 2 is 2.19 bits per heavy atom. The van der Waals surface area contributed by atoms with Crippen LogP contribution < -0.4 is 0 Å². The number of thiazole rings is 1. The van der Waals surface area contributed by atoms with Crippen LogP contribution in [0.15, 0.2) is 30.5 Å². The van der Waals surface area contributed by atoms with Gasteiger partial charge in [0, 0.05) is 25.7 Å². The van der Waals surface area contributed by atoms with Gasteiger partial charge in [0.15, 0.2) is 0 Å². The highest BCUT2D eigenvalue weighted by atomic mass is 32.1. The minimum Gasteiger partial charge on any atom is -0.336 e. The SMILES string of the molecule is CN1C[C@@H]2CCCN(C(=O)Cn3cc(-c4nc5ccccc5s4)nn3)[C@@H]2C1. The van der Waals surface area contributed by atoms with Gasteiger partial charge in [0.2, 0.25) is 5.91 Å². The molecule has 0 saturated carbocycles. The first kappa shape index (κ1) is 16.8. The maximum atomic E-state index is 12.9. The third-order valence-corrected chi connectivity index (χ3v) is 6.69. The predicted octanol–water partition coefficient (Wildman–Crippen LogP) is 2.11. The number of para-hydroxylation sites is 1. The molecule has 2 aromatic heterocycles. The third-order valence-electron chi connectivity index (χ3n) is 5.63. The molecule has 2 atom stereocenters. The highest BCUT2D eigenvalue weighted by Gasteiger charge is 2.39. The lowest BCUT2D eigenvalue weighted by Crippen LogP contribution is -2.49. The molecule has 140 valence electrons. The summed E-state index contributed by atoms with van der Waals surface area (Å²) in [6, 6.07) is 8.38. The number of likely N-dealkylation sites (tertiary alicyclic amines) is 2. The van der Waals surface area contributed by atoms with E-state index in [0.29, 0.717) is 12.0 Å². The number of benzene rings is 1. The van der Waals surface area contributed by atoms with E-state index < -0.39 is 0 Å². The van der Waals surface area contributed by atoms with Crippen LogP contribution in [-0.2, 0) is 11.3 Å². The number of hydrogen-bond donors (Lipinski definition) is 0. The first-order chi connectivity index (χ1) is 13.2. The van der Waals surface area contributed by atoms with Gasteiger partial charge in [0.1, 0.15) is 17.2 Å². The molecule has 2 aliphatic heterocycles. The number of carbonyl (C=O) groups excluding carboxylic acids is 1. The number of aromatic nitrogens is 4. The van der Waals surface area contributed by atoms with E-state index in [0.717, 1.165) is 47.0 Å². The van der Waals surface area contributed by atoms with Crippen molar-refractivity contribution in [2.45, 2.75) is 25.4 Å². The molecular formula is C19H22N6OS. The maximum Gasteiger partial charge on any atom is 0.244 e. The average molecular weight is 382 g/mol. The molecular weight excluding hydrogens is 360 g/mol. The summed E-state index contributed by atoms with van der Waals surface area (Å²) in [5.74, 6) is 0.752. The molecule has 7 nitrogen and oxygen atoms in total. The van der Waals surface area contributed by atoms with Gasteiger partial charge in [-0.3, -0.25) is 4.79 Å². The van der Waals surface area contributed by atoms with Crippen molar-refractivity contribution in [3.8, 4) is 10.7 Å². The van der Waals surface area contributed by atoms with E-state index in [-0.39, 0.29) is 12.5 Å². The molecule has 4 heterocycles. The molecule has 0 N–H and O–H groups in total. The summed E-state index contributed by atoms with van der Waals surface area (Å²) in [5, 5.41) is 9.25. The van der Waals surface area contributed by atoms with E-state index in [1.165, 1.54) is 6.42 Å². The Balaban J connectivity index is 1.32. The molecule has 0 spiro atoms. The van der Waals surface area contributed by atoms with Gasteiger partial charge < -0.3 is 9.80 Å². The van der Waals surface area contributed by atoms with Crippen molar-refractivity contribution in [1.29, 1.82) is 0 Å². The Morgan fingerprint density at radius 1 is 1.30 bits per heavy atom. The number of likely N-dealkylation sites (N-methyl/N-ethyl adjacent to an activating group) is 1. The van der Waals surface area contributed by atoms with Crippen molar-refractivity contribution in [2.75, 3.05) is 26.7 Å². The van der Waals surface area contributed by atoms with E-state index in [1.54, 1.807) is 16.0 Å². The van der Waals surface area contributed by atoms with Crippen LogP contribution in [0.3, 0.4) is 0 Å². The zero-order chi connectivity index (χ0) is 18.4. The Morgan fingerprint density at radius 3 is 3.07 bits per heavy atom. The third kappa shape index (κ3) is 3.12. The van der Waals surface area contributed by atoms with Crippen LogP contribution in [0.2, 0.25) is 0 Å². The Hall–Kier alpha value is -2.32. The summed E-state index contributed by atoms with van der Waals surface area (Å²) in [7, 11) is 2.14. The molecule has 2 aliphatic rings. The predicted molar refractivity (Wildman–Crippen MR) is 104 cm³/mol. The van der Waals surface area contributed by atoms with Gasteiger partial charge in [0.05, 0.1) is 16.4 Å². The summed E-state index contributed by atoms with van der Waals surface area (Å²) < 4.78 is 2.77. The quantitative estimate of drug-likeness (QED) is 0.694. The van der Waals surface area contributed by atoms with Gasteiger partial charge in [-0.2, -0.15) is 0 Å². The fraction of sp³-hybridized carbons (Fsp3) is 0.474. The number of rotatable bonds is 3. The molecule has 3 aromatic rings. The average Bonchev–Trinajstić information content (AvgIpc) is 3.37. The zero-order valence-electron chi connectivity index (χ0n) is 15.3. The topological polar surface area (TPSA) is 67.2 Å². The molecule has 0 radical (unpaired) electrons. The first-order valence-electron chi connectivity index (χ1n) is 9.41. The van der Waals surface area contributed by atoms with Crippen LogP contribution in [0.1, 0.15) is 12.8 Å². The standard InChI is InChI=1S/C19H22N6OS/c1-23-9-13-5-4-8-25(16(13)11-23)18(26)12-24-10-15(21-22-24)19-20-14-6-2-3-7-17(14)27-19/h2-3,6-7,10,13,16H,4-5,8-9,11-12H2,1H3/t13-,16+/m0/s1. The fourth-order valence-corrected chi connectivity index (χ4v) is 5.30. The van der Waals surface area contributed by atoms with Gasteiger partial charge in [-0.25, -0.2) is 9.67 Å². The monoisotopic (exact) mass is 382 g/mol. The molecule has 5 rings (SSSR count). The Kier molecular flexibility index (Phi) is 4.17. The maximum absolute atomic E-state index is 12.9. The summed E-state index contributed by atoms with van der Waals surface area (Å²) in [6.07, 6.45) is 4.15. The van der Waals surface area contributed by atoms with Crippen molar-refractivity contribution < 1.29 is 4.79 Å². The Labute approximate surface area is 161 Å². The smallest absolute Gasteiger partial charge is 0.244 e. The minimum atomic E-state index is 0.140. The lowest BCUT2D eigenvalue weighted by molar-refractivity contribution is -0.136. The molecule has 1 amide bonds. The fourth-order valence-electron chi connectivity index (χ4n) is 4.39. The highest BCUT2D eigenvalue weighted by molar-refractivity contribution is 7.21. The molecule has 2 fully saturated rings. The largest absolute Gasteiger partial charge is 0.336 e. The van der Waals surface area contributed by atoms with E-state index in [9.17, 15) is 4.79 Å². The molecule has 0 unspecified atom stereocenters. The van der Waals surface area contributed by atoms with Crippen LogP contribution in [-0.4, -0.2) is 68.4 Å². The zero-order valence-corrected chi connectivity index (χ0v) is 16.1. The first-order valence-corrected chi connectivity index (χ1v) is 10.2. The van der Waals surface area contributed by atoms with Crippen LogP contribution in [0.5, 0.6) is 0 Å². The summed E-state index contributed by atoms with van der Waals surface area (Å²) in [4.78, 5) is 21.9. The highest BCUT2D eigenvalue weighted by Crippen LogP contribution is 2.30. The second-order valence-corrected chi connectivity index (χ2v) is 8.60. The molecule has 1 aromatic carbocycles. The van der Waals surface area contributed by atoms with Gasteiger partial charge in [-0.1, -0.05) is 17.3 Å². The summed E-state index contributed by atoms with van der Waals surface area (Å²) in [5.41, 5.74) is 1.69. The number of carbonyl (C=O) groups is 1. The minimum absolute atomic E-state index is 0.140. The van der Waals surface area contributed by atoms with Crippen molar-refractivity contribution in [3.63, 3.8) is 0 Å². The molecule has 27 heavy (non-hydrogen) atoms. The van der Waals surface area contributed by atoms with E-state index >= 15 is 0 Å². The second-order valence-electron chi connectivity index (χ2n) is 7.57. The number of fused-ring (bicyclic) bond motifs is 2. The lowest BCUT2D eigenvalue weighted by atomic mass is 9.92. The molecule has 0 bridgehead atoms.